The van der Waals surface area contributed by atoms with Crippen LogP contribution in [0.1, 0.15) is 31.7 Å². The topological polar surface area (TPSA) is 64.5 Å². The van der Waals surface area contributed by atoms with Gasteiger partial charge in [0.25, 0.3) is 0 Å². The van der Waals surface area contributed by atoms with Crippen LogP contribution in [0.15, 0.2) is 27.3 Å². The van der Waals surface area contributed by atoms with Crippen LogP contribution in [0.25, 0.3) is 11.6 Å². The van der Waals surface area contributed by atoms with Crippen molar-refractivity contribution in [1.82, 2.24) is 15.0 Å². The van der Waals surface area contributed by atoms with Crippen LogP contribution in [-0.4, -0.2) is 41.3 Å². The molecule has 0 N–H and O–H groups in total. The van der Waals surface area contributed by atoms with Crippen LogP contribution in [-0.2, 0) is 4.74 Å². The molecule has 20 heavy (non-hydrogen) atoms. The summed E-state index contributed by atoms with van der Waals surface area (Å²) in [6, 6.07) is 3.68. The third-order valence-electron chi connectivity index (χ3n) is 3.51. The first-order valence-electron chi connectivity index (χ1n) is 7.07. The minimum absolute atomic E-state index is 0.0477. The van der Waals surface area contributed by atoms with E-state index >= 15 is 0 Å². The van der Waals surface area contributed by atoms with Gasteiger partial charge in [0.1, 0.15) is 6.04 Å². The number of hydrogen-bond acceptors (Lipinski definition) is 6. The van der Waals surface area contributed by atoms with Gasteiger partial charge in [0, 0.05) is 6.54 Å². The zero-order chi connectivity index (χ0) is 13.8. The van der Waals surface area contributed by atoms with Gasteiger partial charge in [0.2, 0.25) is 11.7 Å². The van der Waals surface area contributed by atoms with Crippen LogP contribution in [0.2, 0.25) is 0 Å². The highest BCUT2D eigenvalue weighted by Crippen LogP contribution is 2.25. The normalized spacial score (nSPS) is 20.4. The van der Waals surface area contributed by atoms with Crippen molar-refractivity contribution in [2.24, 2.45) is 0 Å². The van der Waals surface area contributed by atoms with E-state index in [0.717, 1.165) is 26.1 Å². The van der Waals surface area contributed by atoms with Gasteiger partial charge in [-0.25, -0.2) is 0 Å². The summed E-state index contributed by atoms with van der Waals surface area (Å²) in [5.41, 5.74) is 0. The van der Waals surface area contributed by atoms with E-state index in [1.807, 2.05) is 12.1 Å². The molecule has 6 nitrogen and oxygen atoms in total. The summed E-state index contributed by atoms with van der Waals surface area (Å²) in [5.74, 6) is 1.72. The monoisotopic (exact) mass is 277 g/mol. The lowest BCUT2D eigenvalue weighted by Crippen LogP contribution is -2.40. The molecule has 0 spiro atoms. The van der Waals surface area contributed by atoms with Crippen LogP contribution in [0, 0.1) is 0 Å². The summed E-state index contributed by atoms with van der Waals surface area (Å²) in [6.07, 6.45) is 3.93. The average Bonchev–Trinajstić information content (AvgIpc) is 3.15. The first-order valence-corrected chi connectivity index (χ1v) is 7.07. The number of aromatic nitrogens is 2. The Hall–Kier alpha value is -1.66. The van der Waals surface area contributed by atoms with Gasteiger partial charge in [-0.3, -0.25) is 4.90 Å². The van der Waals surface area contributed by atoms with E-state index in [4.69, 9.17) is 13.7 Å². The Balaban J connectivity index is 1.76. The summed E-state index contributed by atoms with van der Waals surface area (Å²) in [4.78, 5) is 6.80. The number of morpholine rings is 1. The number of rotatable bonds is 5. The SMILES string of the molecule is CCCCN1CCOCC1c1nc(-c2ccco2)no1. The summed E-state index contributed by atoms with van der Waals surface area (Å²) >= 11 is 0. The molecule has 0 amide bonds. The summed E-state index contributed by atoms with van der Waals surface area (Å²) in [7, 11) is 0. The van der Waals surface area contributed by atoms with Crippen LogP contribution < -0.4 is 0 Å². The van der Waals surface area contributed by atoms with Gasteiger partial charge >= 0.3 is 0 Å². The number of unbranched alkanes of at least 4 members (excludes halogenated alkanes) is 1. The molecule has 1 aliphatic rings. The molecule has 0 saturated carbocycles. The summed E-state index contributed by atoms with van der Waals surface area (Å²) < 4.78 is 16.2. The highest BCUT2D eigenvalue weighted by Gasteiger charge is 2.29. The van der Waals surface area contributed by atoms with Crippen LogP contribution in [0.5, 0.6) is 0 Å². The van der Waals surface area contributed by atoms with E-state index in [0.29, 0.717) is 24.1 Å². The lowest BCUT2D eigenvalue weighted by molar-refractivity contribution is -0.0203. The predicted molar refractivity (Wildman–Crippen MR) is 72.0 cm³/mol. The molecule has 1 fully saturated rings. The Bertz CT molecular complexity index is 524. The van der Waals surface area contributed by atoms with Gasteiger partial charge < -0.3 is 13.7 Å². The smallest absolute Gasteiger partial charge is 0.246 e. The van der Waals surface area contributed by atoms with Gasteiger partial charge in [-0.05, 0) is 25.1 Å². The van der Waals surface area contributed by atoms with Crippen molar-refractivity contribution in [3.05, 3.63) is 24.3 Å². The van der Waals surface area contributed by atoms with Gasteiger partial charge in [0.05, 0.1) is 19.5 Å². The van der Waals surface area contributed by atoms with E-state index < -0.39 is 0 Å². The van der Waals surface area contributed by atoms with Crippen molar-refractivity contribution in [3.63, 3.8) is 0 Å². The van der Waals surface area contributed by atoms with Crippen LogP contribution in [0.3, 0.4) is 0 Å². The van der Waals surface area contributed by atoms with E-state index in [1.54, 1.807) is 6.26 Å². The van der Waals surface area contributed by atoms with Crippen molar-refractivity contribution in [2.75, 3.05) is 26.3 Å². The highest BCUT2D eigenvalue weighted by atomic mass is 16.5. The molecule has 1 atom stereocenters. The highest BCUT2D eigenvalue weighted by molar-refractivity contribution is 5.44. The Kier molecular flexibility index (Phi) is 4.13. The third-order valence-corrected chi connectivity index (χ3v) is 3.51. The minimum Gasteiger partial charge on any atom is -0.461 e. The molecular weight excluding hydrogens is 258 g/mol. The number of hydrogen-bond donors (Lipinski definition) is 0. The molecule has 0 bridgehead atoms. The van der Waals surface area contributed by atoms with Gasteiger partial charge in [-0.1, -0.05) is 18.5 Å². The van der Waals surface area contributed by atoms with Gasteiger partial charge in [0.15, 0.2) is 5.76 Å². The van der Waals surface area contributed by atoms with Crippen molar-refractivity contribution in [3.8, 4) is 11.6 Å². The molecular formula is C14H19N3O3. The van der Waals surface area contributed by atoms with Crippen molar-refractivity contribution in [1.29, 1.82) is 0 Å². The largest absolute Gasteiger partial charge is 0.461 e. The number of nitrogens with zero attached hydrogens (tertiary/aromatic N) is 3. The standard InChI is InChI=1S/C14H19N3O3/c1-2-3-6-17-7-9-18-10-11(17)14-15-13(16-20-14)12-5-4-8-19-12/h4-5,8,11H,2-3,6-7,9-10H2,1H3. The lowest BCUT2D eigenvalue weighted by Gasteiger charge is -2.33. The fourth-order valence-electron chi connectivity index (χ4n) is 2.37. The Labute approximate surface area is 117 Å². The maximum absolute atomic E-state index is 5.55. The molecule has 108 valence electrons. The fourth-order valence-corrected chi connectivity index (χ4v) is 2.37. The van der Waals surface area contributed by atoms with E-state index in [1.165, 1.54) is 6.42 Å². The van der Waals surface area contributed by atoms with Gasteiger partial charge in [-0.2, -0.15) is 4.98 Å². The first kappa shape index (κ1) is 13.3. The second-order valence-electron chi connectivity index (χ2n) is 4.91. The minimum atomic E-state index is 0.0477. The molecule has 1 saturated heterocycles. The second kappa shape index (κ2) is 6.19. The molecule has 1 unspecified atom stereocenters. The molecule has 6 heteroatoms. The summed E-state index contributed by atoms with van der Waals surface area (Å²) in [5, 5.41) is 3.99. The fraction of sp³-hybridized carbons (Fsp3) is 0.571. The quantitative estimate of drug-likeness (QED) is 0.836. The van der Waals surface area contributed by atoms with Crippen LogP contribution >= 0.6 is 0 Å². The maximum atomic E-state index is 5.55. The summed E-state index contributed by atoms with van der Waals surface area (Å²) in [6.45, 7) is 5.49. The van der Waals surface area contributed by atoms with Gasteiger partial charge in [-0.15, -0.1) is 0 Å². The maximum Gasteiger partial charge on any atom is 0.246 e. The van der Waals surface area contributed by atoms with Crippen LogP contribution in [0.4, 0.5) is 0 Å². The molecule has 2 aromatic heterocycles. The third kappa shape index (κ3) is 2.76. The molecule has 0 aromatic carbocycles. The first-order chi connectivity index (χ1) is 9.88. The van der Waals surface area contributed by atoms with Crippen molar-refractivity contribution >= 4 is 0 Å². The second-order valence-corrected chi connectivity index (χ2v) is 4.91. The molecule has 3 rings (SSSR count). The predicted octanol–water partition coefficient (Wildman–Crippen LogP) is 2.50. The lowest BCUT2D eigenvalue weighted by atomic mass is 10.2. The zero-order valence-electron chi connectivity index (χ0n) is 11.6. The molecule has 2 aromatic rings. The molecule has 0 radical (unpaired) electrons. The molecule has 3 heterocycles. The Morgan fingerprint density at radius 3 is 3.20 bits per heavy atom. The Morgan fingerprint density at radius 2 is 2.40 bits per heavy atom. The Morgan fingerprint density at radius 1 is 1.45 bits per heavy atom. The average molecular weight is 277 g/mol. The van der Waals surface area contributed by atoms with E-state index in [2.05, 4.69) is 22.0 Å². The number of ether oxygens (including phenoxy) is 1. The molecule has 1 aliphatic heterocycles. The zero-order valence-corrected chi connectivity index (χ0v) is 11.6. The van der Waals surface area contributed by atoms with Crippen molar-refractivity contribution < 1.29 is 13.7 Å². The van der Waals surface area contributed by atoms with E-state index in [-0.39, 0.29) is 6.04 Å². The van der Waals surface area contributed by atoms with E-state index in [9.17, 15) is 0 Å². The number of furan rings is 1. The molecule has 0 aliphatic carbocycles. The van der Waals surface area contributed by atoms with Crippen molar-refractivity contribution in [2.45, 2.75) is 25.8 Å².